The maximum Gasteiger partial charge on any atom is 0.408 e. The summed E-state index contributed by atoms with van der Waals surface area (Å²) in [5.74, 6) is 0.614. The highest BCUT2D eigenvalue weighted by atomic mass is 16.6. The summed E-state index contributed by atoms with van der Waals surface area (Å²) in [4.78, 5) is 30.0. The second-order valence-corrected chi connectivity index (χ2v) is 6.17. The monoisotopic (exact) mass is 307 g/mol. The molecule has 2 rings (SSSR count). The van der Waals surface area contributed by atoms with Crippen LogP contribution in [0.25, 0.3) is 0 Å². The number of aromatic nitrogens is 1. The molecule has 1 aromatic heterocycles. The predicted molar refractivity (Wildman–Crippen MR) is 80.9 cm³/mol. The minimum Gasteiger partial charge on any atom is -0.484 e. The van der Waals surface area contributed by atoms with E-state index in [9.17, 15) is 9.59 Å². The molecule has 22 heavy (non-hydrogen) atoms. The van der Waals surface area contributed by atoms with Crippen LogP contribution in [0.5, 0.6) is 5.75 Å². The molecule has 0 fully saturated rings. The van der Waals surface area contributed by atoms with Crippen molar-refractivity contribution in [3.05, 3.63) is 18.3 Å². The number of amides is 2. The molecule has 0 aliphatic carbocycles. The van der Waals surface area contributed by atoms with Gasteiger partial charge in [0.25, 0.3) is 5.91 Å². The van der Waals surface area contributed by atoms with E-state index in [2.05, 4.69) is 10.3 Å². The summed E-state index contributed by atoms with van der Waals surface area (Å²) < 4.78 is 10.9. The number of nitrogens with zero attached hydrogens (tertiary/aromatic N) is 2. The first kappa shape index (κ1) is 16.1. The number of carbonyl (C=O) groups excluding carboxylic acids is 2. The van der Waals surface area contributed by atoms with E-state index in [1.165, 1.54) is 4.90 Å². The van der Waals surface area contributed by atoms with Crippen molar-refractivity contribution in [2.45, 2.75) is 45.4 Å². The lowest BCUT2D eigenvalue weighted by Crippen LogP contribution is -2.54. The number of ether oxygens (including phenoxy) is 2. The van der Waals surface area contributed by atoms with Crippen LogP contribution in [0, 0.1) is 0 Å². The van der Waals surface area contributed by atoms with Crippen molar-refractivity contribution in [3.8, 4) is 5.75 Å². The Morgan fingerprint density at radius 3 is 2.77 bits per heavy atom. The van der Waals surface area contributed by atoms with Crippen molar-refractivity contribution >= 4 is 17.8 Å². The summed E-state index contributed by atoms with van der Waals surface area (Å²) in [6, 6.07) is 2.61. The second kappa shape index (κ2) is 5.82. The Hall–Kier alpha value is -2.31. The van der Waals surface area contributed by atoms with Gasteiger partial charge in [0.15, 0.2) is 11.6 Å². The number of hydrogen-bond donors (Lipinski definition) is 1. The lowest BCUT2D eigenvalue weighted by atomic mass is 10.1. The van der Waals surface area contributed by atoms with Gasteiger partial charge in [-0.3, -0.25) is 9.69 Å². The van der Waals surface area contributed by atoms with Crippen molar-refractivity contribution in [2.24, 2.45) is 0 Å². The Labute approximate surface area is 129 Å². The number of likely N-dealkylation sites (N-methyl/N-ethyl adjacent to an activating group) is 1. The first-order valence-electron chi connectivity index (χ1n) is 7.08. The highest BCUT2D eigenvalue weighted by molar-refractivity contribution is 5.99. The van der Waals surface area contributed by atoms with Gasteiger partial charge in [-0.25, -0.2) is 9.78 Å². The third-order valence-electron chi connectivity index (χ3n) is 3.12. The fourth-order valence-electron chi connectivity index (χ4n) is 2.12. The van der Waals surface area contributed by atoms with E-state index in [0.29, 0.717) is 11.6 Å². The Morgan fingerprint density at radius 1 is 1.45 bits per heavy atom. The topological polar surface area (TPSA) is 80.8 Å². The van der Waals surface area contributed by atoms with Crippen LogP contribution >= 0.6 is 0 Å². The zero-order valence-corrected chi connectivity index (χ0v) is 13.4. The minimum absolute atomic E-state index is 0.309. The maximum absolute atomic E-state index is 12.6. The summed E-state index contributed by atoms with van der Waals surface area (Å²) in [6.45, 7) is 6.99. The maximum atomic E-state index is 12.6. The van der Waals surface area contributed by atoms with Crippen molar-refractivity contribution < 1.29 is 19.1 Å². The fraction of sp³-hybridized carbons (Fsp3) is 0.533. The quantitative estimate of drug-likeness (QED) is 0.854. The molecule has 1 N–H and O–H groups in total. The number of rotatable bonds is 1. The molecular formula is C15H21N3O4. The van der Waals surface area contributed by atoms with Gasteiger partial charge < -0.3 is 14.8 Å². The standard InChI is InChI=1S/C15H21N3O4/c1-9-11(17-14(20)22-15(2,3)4)13(19)18(5)12-10(21-9)7-6-8-16-12/h6-9,11H,1-5H3,(H,17,20)/t9-,11-/m0/s1. The van der Waals surface area contributed by atoms with E-state index in [4.69, 9.17) is 9.47 Å². The van der Waals surface area contributed by atoms with E-state index < -0.39 is 23.8 Å². The zero-order valence-electron chi connectivity index (χ0n) is 13.4. The smallest absolute Gasteiger partial charge is 0.408 e. The summed E-state index contributed by atoms with van der Waals surface area (Å²) >= 11 is 0. The van der Waals surface area contributed by atoms with Gasteiger partial charge in [-0.05, 0) is 39.8 Å². The number of nitrogens with one attached hydrogen (secondary N) is 1. The van der Waals surface area contributed by atoms with Gasteiger partial charge in [-0.15, -0.1) is 0 Å². The van der Waals surface area contributed by atoms with Gasteiger partial charge in [0.2, 0.25) is 0 Å². The Bertz CT molecular complexity index is 582. The number of anilines is 1. The van der Waals surface area contributed by atoms with Crippen molar-refractivity contribution in [3.63, 3.8) is 0 Å². The number of alkyl carbamates (subject to hydrolysis) is 1. The summed E-state index contributed by atoms with van der Waals surface area (Å²) in [7, 11) is 1.60. The second-order valence-electron chi connectivity index (χ2n) is 6.17. The van der Waals surface area contributed by atoms with E-state index in [1.54, 1.807) is 53.1 Å². The van der Waals surface area contributed by atoms with Crippen LogP contribution in [-0.2, 0) is 9.53 Å². The number of hydrogen-bond acceptors (Lipinski definition) is 5. The minimum atomic E-state index is -0.853. The Balaban J connectivity index is 2.20. The van der Waals surface area contributed by atoms with Crippen LogP contribution in [0.1, 0.15) is 27.7 Å². The van der Waals surface area contributed by atoms with Crippen LogP contribution < -0.4 is 15.0 Å². The van der Waals surface area contributed by atoms with Crippen LogP contribution in [0.4, 0.5) is 10.6 Å². The molecule has 0 spiro atoms. The molecule has 7 nitrogen and oxygen atoms in total. The number of pyridine rings is 1. The molecule has 2 atom stereocenters. The molecule has 1 aliphatic rings. The molecule has 0 bridgehead atoms. The van der Waals surface area contributed by atoms with E-state index >= 15 is 0 Å². The molecule has 2 heterocycles. The molecule has 0 unspecified atom stereocenters. The van der Waals surface area contributed by atoms with Gasteiger partial charge in [-0.2, -0.15) is 0 Å². The highest BCUT2D eigenvalue weighted by Crippen LogP contribution is 2.29. The first-order valence-corrected chi connectivity index (χ1v) is 7.08. The van der Waals surface area contributed by atoms with Crippen molar-refractivity contribution in [1.29, 1.82) is 0 Å². The molecule has 0 saturated carbocycles. The molecule has 0 aromatic carbocycles. The molecular weight excluding hydrogens is 286 g/mol. The lowest BCUT2D eigenvalue weighted by Gasteiger charge is -2.26. The Morgan fingerprint density at radius 2 is 2.14 bits per heavy atom. The van der Waals surface area contributed by atoms with Gasteiger partial charge in [0.05, 0.1) is 0 Å². The summed E-state index contributed by atoms with van der Waals surface area (Å²) in [6.07, 6.45) is 0.375. The molecule has 1 aromatic rings. The molecule has 120 valence electrons. The number of carbonyl (C=O) groups is 2. The van der Waals surface area contributed by atoms with Crippen molar-refractivity contribution in [1.82, 2.24) is 10.3 Å². The Kier molecular flexibility index (Phi) is 4.25. The average molecular weight is 307 g/mol. The summed E-state index contributed by atoms with van der Waals surface area (Å²) in [5.41, 5.74) is -0.640. The van der Waals surface area contributed by atoms with E-state index in [-0.39, 0.29) is 5.91 Å². The molecule has 0 radical (unpaired) electrons. The predicted octanol–water partition coefficient (Wildman–Crippen LogP) is 1.72. The summed E-state index contributed by atoms with van der Waals surface area (Å²) in [5, 5.41) is 2.58. The molecule has 2 amide bonds. The average Bonchev–Trinajstić information content (AvgIpc) is 2.49. The largest absolute Gasteiger partial charge is 0.484 e. The van der Waals surface area contributed by atoms with Crippen LogP contribution in [0.2, 0.25) is 0 Å². The lowest BCUT2D eigenvalue weighted by molar-refractivity contribution is -0.121. The number of fused-ring (bicyclic) bond motifs is 1. The van der Waals surface area contributed by atoms with Gasteiger partial charge >= 0.3 is 6.09 Å². The van der Waals surface area contributed by atoms with Crippen molar-refractivity contribution in [2.75, 3.05) is 11.9 Å². The van der Waals surface area contributed by atoms with Gasteiger partial charge in [0, 0.05) is 13.2 Å². The molecule has 7 heteroatoms. The fourth-order valence-corrected chi connectivity index (χ4v) is 2.12. The van der Waals surface area contributed by atoms with Crippen LogP contribution in [0.3, 0.4) is 0 Å². The van der Waals surface area contributed by atoms with E-state index in [0.717, 1.165) is 0 Å². The van der Waals surface area contributed by atoms with Crippen LogP contribution in [0.15, 0.2) is 18.3 Å². The molecule has 1 aliphatic heterocycles. The first-order chi connectivity index (χ1) is 10.2. The van der Waals surface area contributed by atoms with Gasteiger partial charge in [0.1, 0.15) is 17.7 Å². The normalized spacial score (nSPS) is 21.5. The van der Waals surface area contributed by atoms with Crippen LogP contribution in [-0.4, -0.2) is 41.8 Å². The SMILES string of the molecule is C[C@@H]1Oc2cccnc2N(C)C(=O)[C@H]1NC(=O)OC(C)(C)C. The van der Waals surface area contributed by atoms with Gasteiger partial charge in [-0.1, -0.05) is 0 Å². The van der Waals surface area contributed by atoms with E-state index in [1.807, 2.05) is 0 Å². The third kappa shape index (κ3) is 3.47. The third-order valence-corrected chi connectivity index (χ3v) is 3.12. The highest BCUT2D eigenvalue weighted by Gasteiger charge is 2.37. The zero-order chi connectivity index (χ0) is 16.5. The molecule has 0 saturated heterocycles.